The standard InChI is InChI=1S/C16H17F3N2O4/c17-16(18,19)11-6-2-1-5-10(11)15(24)25-9-13(22)21-8-4-3-7-12(21)14(20)23/h1-2,5-6,12H,3-4,7-9H2,(H2,20,23)/t12-/m1/s1. The quantitative estimate of drug-likeness (QED) is 0.830. The van der Waals surface area contributed by atoms with Gasteiger partial charge in [-0.15, -0.1) is 0 Å². The summed E-state index contributed by atoms with van der Waals surface area (Å²) in [5, 5.41) is 0. The van der Waals surface area contributed by atoms with Crippen molar-refractivity contribution >= 4 is 17.8 Å². The number of rotatable bonds is 4. The van der Waals surface area contributed by atoms with Crippen LogP contribution in [0.25, 0.3) is 0 Å². The summed E-state index contributed by atoms with van der Waals surface area (Å²) in [5.74, 6) is -2.59. The number of esters is 1. The molecule has 0 radical (unpaired) electrons. The first-order valence-corrected chi connectivity index (χ1v) is 7.64. The number of ether oxygens (including phenoxy) is 1. The van der Waals surface area contributed by atoms with E-state index in [1.54, 1.807) is 0 Å². The van der Waals surface area contributed by atoms with Gasteiger partial charge in [0.2, 0.25) is 5.91 Å². The molecule has 1 heterocycles. The third kappa shape index (κ3) is 4.49. The maximum atomic E-state index is 12.9. The lowest BCUT2D eigenvalue weighted by Crippen LogP contribution is -2.51. The van der Waals surface area contributed by atoms with E-state index in [0.29, 0.717) is 12.8 Å². The number of carbonyl (C=O) groups excluding carboxylic acids is 3. The molecule has 0 aliphatic carbocycles. The fourth-order valence-electron chi connectivity index (χ4n) is 2.72. The lowest BCUT2D eigenvalue weighted by atomic mass is 10.0. The number of alkyl halides is 3. The highest BCUT2D eigenvalue weighted by atomic mass is 19.4. The van der Waals surface area contributed by atoms with Crippen molar-refractivity contribution in [3.63, 3.8) is 0 Å². The number of carbonyl (C=O) groups is 3. The summed E-state index contributed by atoms with van der Waals surface area (Å²) < 4.78 is 43.4. The lowest BCUT2D eigenvalue weighted by molar-refractivity contribution is -0.143. The molecule has 1 saturated heterocycles. The zero-order valence-corrected chi connectivity index (χ0v) is 13.2. The molecule has 1 aliphatic heterocycles. The number of likely N-dealkylation sites (tertiary alicyclic amines) is 1. The van der Waals surface area contributed by atoms with Gasteiger partial charge in [-0.25, -0.2) is 4.79 Å². The maximum absolute atomic E-state index is 12.9. The van der Waals surface area contributed by atoms with E-state index < -0.39 is 47.7 Å². The zero-order chi connectivity index (χ0) is 18.6. The molecule has 0 unspecified atom stereocenters. The number of amides is 2. The van der Waals surface area contributed by atoms with Gasteiger partial charge in [-0.1, -0.05) is 12.1 Å². The van der Waals surface area contributed by atoms with Gasteiger partial charge in [-0.2, -0.15) is 13.2 Å². The molecule has 1 fully saturated rings. The Kier molecular flexibility index (Phi) is 5.66. The van der Waals surface area contributed by atoms with E-state index in [9.17, 15) is 27.6 Å². The number of primary amides is 1. The summed E-state index contributed by atoms with van der Waals surface area (Å²) in [6, 6.07) is 3.36. The average Bonchev–Trinajstić information content (AvgIpc) is 2.58. The molecule has 9 heteroatoms. The van der Waals surface area contributed by atoms with Crippen LogP contribution in [-0.2, 0) is 20.5 Å². The highest BCUT2D eigenvalue weighted by Crippen LogP contribution is 2.32. The number of hydrogen-bond donors (Lipinski definition) is 1. The van der Waals surface area contributed by atoms with Crippen molar-refractivity contribution in [2.75, 3.05) is 13.2 Å². The zero-order valence-electron chi connectivity index (χ0n) is 13.2. The average molecular weight is 358 g/mol. The Morgan fingerprint density at radius 3 is 2.52 bits per heavy atom. The molecule has 0 saturated carbocycles. The van der Waals surface area contributed by atoms with Crippen molar-refractivity contribution < 1.29 is 32.3 Å². The number of benzene rings is 1. The molecular formula is C16H17F3N2O4. The topological polar surface area (TPSA) is 89.7 Å². The second-order valence-corrected chi connectivity index (χ2v) is 5.62. The van der Waals surface area contributed by atoms with Crippen LogP contribution < -0.4 is 5.73 Å². The van der Waals surface area contributed by atoms with E-state index in [1.165, 1.54) is 11.0 Å². The predicted molar refractivity (Wildman–Crippen MR) is 80.3 cm³/mol. The largest absolute Gasteiger partial charge is 0.452 e. The first kappa shape index (κ1) is 18.8. The minimum Gasteiger partial charge on any atom is -0.452 e. The number of hydrogen-bond acceptors (Lipinski definition) is 4. The molecule has 25 heavy (non-hydrogen) atoms. The van der Waals surface area contributed by atoms with Gasteiger partial charge in [0.25, 0.3) is 5.91 Å². The Bertz CT molecular complexity index is 676. The molecule has 1 aliphatic rings. The Balaban J connectivity index is 2.05. The molecule has 1 atom stereocenters. The summed E-state index contributed by atoms with van der Waals surface area (Å²) in [6.07, 6.45) is -2.91. The van der Waals surface area contributed by atoms with Gasteiger partial charge in [-0.3, -0.25) is 9.59 Å². The van der Waals surface area contributed by atoms with Crippen molar-refractivity contribution in [3.05, 3.63) is 35.4 Å². The summed E-state index contributed by atoms with van der Waals surface area (Å²) in [7, 11) is 0. The molecule has 2 rings (SSSR count). The van der Waals surface area contributed by atoms with E-state index in [1.807, 2.05) is 0 Å². The summed E-state index contributed by atoms with van der Waals surface area (Å²) >= 11 is 0. The lowest BCUT2D eigenvalue weighted by Gasteiger charge is -2.33. The van der Waals surface area contributed by atoms with Gasteiger partial charge in [0, 0.05) is 6.54 Å². The van der Waals surface area contributed by atoms with Gasteiger partial charge < -0.3 is 15.4 Å². The van der Waals surface area contributed by atoms with Crippen LogP contribution in [0.1, 0.15) is 35.2 Å². The first-order valence-electron chi connectivity index (χ1n) is 7.64. The number of piperidine rings is 1. The van der Waals surface area contributed by atoms with Gasteiger partial charge in [0.1, 0.15) is 6.04 Å². The van der Waals surface area contributed by atoms with Gasteiger partial charge >= 0.3 is 12.1 Å². The molecule has 0 spiro atoms. The van der Waals surface area contributed by atoms with Crippen LogP contribution in [0.5, 0.6) is 0 Å². The summed E-state index contributed by atoms with van der Waals surface area (Å²) in [4.78, 5) is 36.7. The van der Waals surface area contributed by atoms with Crippen LogP contribution in [0.4, 0.5) is 13.2 Å². The second kappa shape index (κ2) is 7.54. The minimum atomic E-state index is -4.72. The predicted octanol–water partition coefficient (Wildman–Crippen LogP) is 1.73. The van der Waals surface area contributed by atoms with Crippen molar-refractivity contribution in [1.29, 1.82) is 0 Å². The Morgan fingerprint density at radius 2 is 1.88 bits per heavy atom. The smallest absolute Gasteiger partial charge is 0.417 e. The van der Waals surface area contributed by atoms with Crippen molar-refractivity contribution in [2.45, 2.75) is 31.5 Å². The van der Waals surface area contributed by atoms with E-state index >= 15 is 0 Å². The maximum Gasteiger partial charge on any atom is 0.417 e. The molecule has 6 nitrogen and oxygen atoms in total. The van der Waals surface area contributed by atoms with Gasteiger partial charge in [0.05, 0.1) is 11.1 Å². The van der Waals surface area contributed by atoms with Crippen molar-refractivity contribution in [3.8, 4) is 0 Å². The minimum absolute atomic E-state index is 0.281. The van der Waals surface area contributed by atoms with Crippen molar-refractivity contribution in [1.82, 2.24) is 4.90 Å². The third-order valence-electron chi connectivity index (χ3n) is 3.93. The second-order valence-electron chi connectivity index (χ2n) is 5.62. The van der Waals surface area contributed by atoms with Crippen LogP contribution >= 0.6 is 0 Å². The number of nitrogens with two attached hydrogens (primary N) is 1. The summed E-state index contributed by atoms with van der Waals surface area (Å²) in [5.41, 5.74) is 3.43. The summed E-state index contributed by atoms with van der Waals surface area (Å²) in [6.45, 7) is -0.474. The Hall–Kier alpha value is -2.58. The molecule has 2 N–H and O–H groups in total. The van der Waals surface area contributed by atoms with Crippen LogP contribution in [0.2, 0.25) is 0 Å². The molecule has 0 bridgehead atoms. The third-order valence-corrected chi connectivity index (χ3v) is 3.93. The first-order chi connectivity index (χ1) is 11.7. The van der Waals surface area contributed by atoms with Crippen molar-refractivity contribution in [2.24, 2.45) is 5.73 Å². The fourth-order valence-corrected chi connectivity index (χ4v) is 2.72. The fraction of sp³-hybridized carbons (Fsp3) is 0.438. The van der Waals surface area contributed by atoms with E-state index in [-0.39, 0.29) is 6.54 Å². The SMILES string of the molecule is NC(=O)[C@H]1CCCCN1C(=O)COC(=O)c1ccccc1C(F)(F)F. The normalized spacial score (nSPS) is 17.9. The molecule has 2 amide bonds. The van der Waals surface area contributed by atoms with Crippen LogP contribution in [-0.4, -0.2) is 41.9 Å². The van der Waals surface area contributed by atoms with E-state index in [0.717, 1.165) is 24.6 Å². The molecule has 1 aromatic carbocycles. The molecule has 136 valence electrons. The molecule has 1 aromatic rings. The Morgan fingerprint density at radius 1 is 1.20 bits per heavy atom. The molecule has 0 aromatic heterocycles. The highest BCUT2D eigenvalue weighted by molar-refractivity contribution is 5.93. The number of nitrogens with zero attached hydrogens (tertiary/aromatic N) is 1. The number of halogens is 3. The Labute approximate surface area is 141 Å². The van der Waals surface area contributed by atoms with Crippen LogP contribution in [0.3, 0.4) is 0 Å². The van der Waals surface area contributed by atoms with Crippen LogP contribution in [0.15, 0.2) is 24.3 Å². The van der Waals surface area contributed by atoms with E-state index in [2.05, 4.69) is 0 Å². The van der Waals surface area contributed by atoms with Gasteiger partial charge in [0.15, 0.2) is 6.61 Å². The monoisotopic (exact) mass is 358 g/mol. The van der Waals surface area contributed by atoms with Gasteiger partial charge in [-0.05, 0) is 31.4 Å². The van der Waals surface area contributed by atoms with E-state index in [4.69, 9.17) is 10.5 Å². The van der Waals surface area contributed by atoms with Crippen LogP contribution in [0, 0.1) is 0 Å². The highest BCUT2D eigenvalue weighted by Gasteiger charge is 2.36. The molecular weight excluding hydrogens is 341 g/mol.